The van der Waals surface area contributed by atoms with Crippen LogP contribution in [0.3, 0.4) is 0 Å². The molecule has 2 heterocycles. The number of nitrogens with zero attached hydrogens (tertiary/aromatic N) is 1. The van der Waals surface area contributed by atoms with Crippen molar-refractivity contribution in [1.82, 2.24) is 4.57 Å². The minimum absolute atomic E-state index is 0.144. The molecule has 0 atom stereocenters. The highest BCUT2D eigenvalue weighted by Crippen LogP contribution is 2.31. The van der Waals surface area contributed by atoms with E-state index in [2.05, 4.69) is 21.2 Å². The van der Waals surface area contributed by atoms with E-state index >= 15 is 0 Å². The van der Waals surface area contributed by atoms with Gasteiger partial charge in [-0.25, -0.2) is 9.18 Å². The van der Waals surface area contributed by atoms with E-state index in [-0.39, 0.29) is 33.5 Å². The summed E-state index contributed by atoms with van der Waals surface area (Å²) in [6, 6.07) is 6.04. The zero-order valence-electron chi connectivity index (χ0n) is 13.2. The second-order valence-corrected chi connectivity index (χ2v) is 6.26. The molecule has 24 heavy (non-hydrogen) atoms. The van der Waals surface area contributed by atoms with E-state index in [9.17, 15) is 14.0 Å². The van der Waals surface area contributed by atoms with Gasteiger partial charge in [0.15, 0.2) is 5.58 Å². The molecule has 0 radical (unpaired) electrons. The largest absolute Gasteiger partial charge is 0.421 e. The molecule has 0 fully saturated rings. The summed E-state index contributed by atoms with van der Waals surface area (Å²) in [5.74, 6) is -0.485. The minimum Gasteiger partial charge on any atom is -0.421 e. The monoisotopic (exact) mass is 392 g/mol. The highest BCUT2D eigenvalue weighted by atomic mass is 79.9. The van der Waals surface area contributed by atoms with Crippen LogP contribution in [0.25, 0.3) is 11.0 Å². The van der Waals surface area contributed by atoms with Crippen molar-refractivity contribution in [2.24, 2.45) is 7.05 Å². The number of pyridine rings is 1. The topological polar surface area (TPSA) is 64.2 Å². The van der Waals surface area contributed by atoms with Gasteiger partial charge in [-0.1, -0.05) is 12.1 Å². The lowest BCUT2D eigenvalue weighted by atomic mass is 10.1. The van der Waals surface area contributed by atoms with Gasteiger partial charge in [-0.05, 0) is 41.9 Å². The molecule has 124 valence electrons. The van der Waals surface area contributed by atoms with Crippen molar-refractivity contribution in [3.05, 3.63) is 66.6 Å². The molecule has 5 nitrogen and oxygen atoms in total. The van der Waals surface area contributed by atoms with E-state index < -0.39 is 11.4 Å². The lowest BCUT2D eigenvalue weighted by Gasteiger charge is -2.15. The van der Waals surface area contributed by atoms with Crippen LogP contribution in [0.4, 0.5) is 15.8 Å². The normalized spacial score (nSPS) is 11.0. The van der Waals surface area contributed by atoms with Crippen LogP contribution in [0.5, 0.6) is 0 Å². The number of rotatable bonds is 2. The Morgan fingerprint density at radius 3 is 2.54 bits per heavy atom. The highest BCUT2D eigenvalue weighted by Gasteiger charge is 2.20. The number of benzene rings is 1. The summed E-state index contributed by atoms with van der Waals surface area (Å²) >= 11 is 3.36. The van der Waals surface area contributed by atoms with Crippen LogP contribution in [-0.2, 0) is 7.05 Å². The predicted molar refractivity (Wildman–Crippen MR) is 94.6 cm³/mol. The van der Waals surface area contributed by atoms with Crippen LogP contribution in [0.1, 0.15) is 11.3 Å². The third-order valence-electron chi connectivity index (χ3n) is 4.03. The standard InChI is InChI=1S/C17H14BrFN2O3/c1-8-14(20-11-7-5-4-6-10(11)19)12-15(24-17(8)23)13(18)9(2)21(3)16(12)22/h4-7,20H,1-3H3. The Morgan fingerprint density at radius 1 is 1.21 bits per heavy atom. The van der Waals surface area contributed by atoms with Crippen LogP contribution in [0, 0.1) is 19.7 Å². The number of halogens is 2. The smallest absolute Gasteiger partial charge is 0.341 e. The molecule has 7 heteroatoms. The van der Waals surface area contributed by atoms with Crippen molar-refractivity contribution >= 4 is 38.3 Å². The van der Waals surface area contributed by atoms with Crippen molar-refractivity contribution in [2.45, 2.75) is 13.8 Å². The van der Waals surface area contributed by atoms with Crippen LogP contribution in [-0.4, -0.2) is 4.57 Å². The third-order valence-corrected chi connectivity index (χ3v) is 4.96. The van der Waals surface area contributed by atoms with Crippen LogP contribution >= 0.6 is 15.9 Å². The molecular formula is C17H14BrFN2O3. The van der Waals surface area contributed by atoms with Gasteiger partial charge in [0.1, 0.15) is 11.2 Å². The maximum atomic E-state index is 14.0. The first-order chi connectivity index (χ1) is 11.3. The molecule has 3 aromatic rings. The molecule has 0 aliphatic rings. The van der Waals surface area contributed by atoms with Gasteiger partial charge in [0.25, 0.3) is 5.56 Å². The summed E-state index contributed by atoms with van der Waals surface area (Å²) in [6.07, 6.45) is 0. The Kier molecular flexibility index (Phi) is 4.04. The summed E-state index contributed by atoms with van der Waals surface area (Å²) in [7, 11) is 1.62. The lowest BCUT2D eigenvalue weighted by Crippen LogP contribution is -2.22. The van der Waals surface area contributed by atoms with Crippen molar-refractivity contribution in [1.29, 1.82) is 0 Å². The van der Waals surface area contributed by atoms with Gasteiger partial charge in [0.2, 0.25) is 0 Å². The molecule has 0 saturated carbocycles. The first kappa shape index (κ1) is 16.4. The zero-order chi connectivity index (χ0) is 17.6. The summed E-state index contributed by atoms with van der Waals surface area (Å²) in [5, 5.41) is 3.06. The number of para-hydroxylation sites is 1. The van der Waals surface area contributed by atoms with Gasteiger partial charge in [0.05, 0.1) is 21.4 Å². The molecule has 0 bridgehead atoms. The van der Waals surface area contributed by atoms with Gasteiger partial charge in [-0.3, -0.25) is 4.79 Å². The van der Waals surface area contributed by atoms with Crippen molar-refractivity contribution in [3.8, 4) is 0 Å². The zero-order valence-corrected chi connectivity index (χ0v) is 14.8. The Labute approximate surface area is 144 Å². The van der Waals surface area contributed by atoms with E-state index in [0.29, 0.717) is 10.2 Å². The fourth-order valence-corrected chi connectivity index (χ4v) is 3.01. The Hall–Kier alpha value is -2.41. The number of hydrogen-bond donors (Lipinski definition) is 1. The van der Waals surface area contributed by atoms with Gasteiger partial charge >= 0.3 is 5.63 Å². The number of fused-ring (bicyclic) bond motifs is 1. The van der Waals surface area contributed by atoms with Gasteiger partial charge < -0.3 is 14.3 Å². The number of anilines is 2. The van der Waals surface area contributed by atoms with Crippen molar-refractivity contribution in [2.75, 3.05) is 5.32 Å². The number of aromatic nitrogens is 1. The Bertz CT molecular complexity index is 1090. The molecule has 1 aromatic carbocycles. The molecule has 0 unspecified atom stereocenters. The van der Waals surface area contributed by atoms with Crippen LogP contribution in [0.2, 0.25) is 0 Å². The van der Waals surface area contributed by atoms with Gasteiger partial charge in [0, 0.05) is 12.7 Å². The van der Waals surface area contributed by atoms with E-state index in [1.807, 2.05) is 0 Å². The molecule has 0 aliphatic heterocycles. The summed E-state index contributed by atoms with van der Waals surface area (Å²) in [6.45, 7) is 3.26. The quantitative estimate of drug-likeness (QED) is 0.720. The molecule has 0 saturated heterocycles. The van der Waals surface area contributed by atoms with Gasteiger partial charge in [-0.2, -0.15) is 0 Å². The molecule has 0 spiro atoms. The molecule has 2 aromatic heterocycles. The molecule has 3 rings (SSSR count). The van der Waals surface area contributed by atoms with E-state index in [0.717, 1.165) is 0 Å². The first-order valence-corrected chi connectivity index (χ1v) is 7.96. The van der Waals surface area contributed by atoms with Crippen LogP contribution in [0.15, 0.2) is 42.7 Å². The number of nitrogens with one attached hydrogen (secondary N) is 1. The fourth-order valence-electron chi connectivity index (χ4n) is 2.47. The SMILES string of the molecule is Cc1c(Nc2ccccc2F)c2c(=O)n(C)c(C)c(Br)c2oc1=O. The summed E-state index contributed by atoms with van der Waals surface area (Å²) in [5.41, 5.74) is 0.463. The average Bonchev–Trinajstić information content (AvgIpc) is 2.56. The minimum atomic E-state index is -0.588. The Morgan fingerprint density at radius 2 is 1.88 bits per heavy atom. The average molecular weight is 393 g/mol. The van der Waals surface area contributed by atoms with Crippen molar-refractivity contribution in [3.63, 3.8) is 0 Å². The molecule has 0 amide bonds. The Balaban J connectivity index is 2.43. The maximum Gasteiger partial charge on any atom is 0.341 e. The van der Waals surface area contributed by atoms with Crippen LogP contribution < -0.4 is 16.5 Å². The second kappa shape index (κ2) is 5.90. The lowest BCUT2D eigenvalue weighted by molar-refractivity contribution is 0.551. The van der Waals surface area contributed by atoms with Gasteiger partial charge in [-0.15, -0.1) is 0 Å². The fraction of sp³-hybridized carbons (Fsp3) is 0.176. The van der Waals surface area contributed by atoms with E-state index in [4.69, 9.17) is 4.42 Å². The van der Waals surface area contributed by atoms with Crippen molar-refractivity contribution < 1.29 is 8.81 Å². The second-order valence-electron chi connectivity index (χ2n) is 5.46. The number of hydrogen-bond acceptors (Lipinski definition) is 4. The highest BCUT2D eigenvalue weighted by molar-refractivity contribution is 9.10. The van der Waals surface area contributed by atoms with E-state index in [1.165, 1.54) is 23.6 Å². The van der Waals surface area contributed by atoms with E-state index in [1.54, 1.807) is 26.1 Å². The predicted octanol–water partition coefficient (Wildman–Crippen LogP) is 3.75. The molecule has 0 aliphatic carbocycles. The summed E-state index contributed by atoms with van der Waals surface area (Å²) in [4.78, 5) is 24.9. The summed E-state index contributed by atoms with van der Waals surface area (Å²) < 4.78 is 21.2. The maximum absolute atomic E-state index is 14.0. The molecular weight excluding hydrogens is 379 g/mol. The molecule has 1 N–H and O–H groups in total. The third kappa shape index (κ3) is 2.45. The first-order valence-electron chi connectivity index (χ1n) is 7.17.